The van der Waals surface area contributed by atoms with E-state index in [2.05, 4.69) is 19.9 Å². The summed E-state index contributed by atoms with van der Waals surface area (Å²) in [4.78, 5) is 17.9. The number of nitriles is 4. The minimum absolute atomic E-state index is 0. The van der Waals surface area contributed by atoms with E-state index in [1.165, 1.54) is 27.7 Å². The molecule has 0 aliphatic heterocycles. The zero-order valence-electron chi connectivity index (χ0n) is 25.5. The van der Waals surface area contributed by atoms with Gasteiger partial charge in [-0.05, 0) is 48.5 Å². The van der Waals surface area contributed by atoms with Gasteiger partial charge in [0.25, 0.3) is 0 Å². The summed E-state index contributed by atoms with van der Waals surface area (Å²) in [5.74, 6) is 0. The molecule has 0 saturated heterocycles. The Kier molecular flexibility index (Phi) is 23.4. The SMILES string of the molecule is CC#N.CC#N.CC#N.CC#N.F[P-](F)(F)(F)(F)F.F[P-](F)(F)(F)(F)F.[Cu+].[Cu+].c1ccc(-c2ccc3ccc(-c4ccccn4)nc3n2)nc1. The fraction of sp³-hybridized carbons (Fsp3) is 0.154. The largest absolute Gasteiger partial charge is 1.00 e. The normalized spacial score (nSPS) is 11.8. The topological polar surface area (TPSA) is 147 Å². The van der Waals surface area contributed by atoms with Gasteiger partial charge >= 0.3 is 100 Å². The van der Waals surface area contributed by atoms with E-state index in [0.717, 1.165) is 28.2 Å². The van der Waals surface area contributed by atoms with E-state index in [-0.39, 0.29) is 34.1 Å². The standard InChI is InChI=1S/C18H12N4.4C2H3N.2Cu.2F6P/c1-3-11-19-14(5-1)16-9-7-13-8-10-17(22-18(13)21-16)15-6-2-4-12-20-15;4*1-2-3;;;2*1-7(2,3,4,5)6/h1-12H;4*1H3;;;;/q;;;;;2*+1;2*-1. The number of hydrogen-bond acceptors (Lipinski definition) is 8. The van der Waals surface area contributed by atoms with Gasteiger partial charge in [-0.3, -0.25) is 9.97 Å². The molecule has 0 bridgehead atoms. The van der Waals surface area contributed by atoms with E-state index in [1.807, 2.05) is 60.7 Å². The molecule has 0 aliphatic rings. The van der Waals surface area contributed by atoms with Gasteiger partial charge in [0.2, 0.25) is 0 Å². The molecule has 0 radical (unpaired) electrons. The summed E-state index contributed by atoms with van der Waals surface area (Å²) in [7, 11) is -21.3. The summed E-state index contributed by atoms with van der Waals surface area (Å²) in [6.07, 6.45) is 3.53. The number of halogens is 12. The molecule has 0 fully saturated rings. The van der Waals surface area contributed by atoms with Crippen LogP contribution in [-0.4, -0.2) is 19.9 Å². The Labute approximate surface area is 299 Å². The molecule has 0 N–H and O–H groups in total. The average molecular weight is 866 g/mol. The Morgan fingerprint density at radius 1 is 0.440 bits per heavy atom. The van der Waals surface area contributed by atoms with Crippen LogP contribution in [0.3, 0.4) is 0 Å². The van der Waals surface area contributed by atoms with Crippen molar-refractivity contribution >= 4 is 26.7 Å². The minimum atomic E-state index is -10.7. The summed E-state index contributed by atoms with van der Waals surface area (Å²) < 4.78 is 118. The molecule has 4 heterocycles. The minimum Gasteiger partial charge on any atom is -0.255 e. The van der Waals surface area contributed by atoms with Gasteiger partial charge in [-0.2, -0.15) is 21.0 Å². The Morgan fingerprint density at radius 3 is 0.880 bits per heavy atom. The van der Waals surface area contributed by atoms with Crippen LogP contribution in [0.4, 0.5) is 50.4 Å². The van der Waals surface area contributed by atoms with E-state index in [0.29, 0.717) is 5.65 Å². The van der Waals surface area contributed by atoms with Crippen molar-refractivity contribution in [2.75, 3.05) is 0 Å². The average Bonchev–Trinajstić information content (AvgIpc) is 2.92. The summed E-state index contributed by atoms with van der Waals surface area (Å²) in [6, 6.07) is 26.5. The molecule has 0 saturated carbocycles. The third kappa shape index (κ3) is 46.0. The number of pyridine rings is 4. The van der Waals surface area contributed by atoms with Crippen LogP contribution in [0.2, 0.25) is 0 Å². The van der Waals surface area contributed by atoms with E-state index >= 15 is 0 Å². The number of rotatable bonds is 2. The first-order valence-corrected chi connectivity index (χ1v) is 16.0. The third-order valence-electron chi connectivity index (χ3n) is 3.41. The quantitative estimate of drug-likeness (QED) is 0.110. The molecule has 0 aromatic carbocycles. The second-order valence-corrected chi connectivity index (χ2v) is 11.5. The molecule has 4 aromatic rings. The van der Waals surface area contributed by atoms with Crippen LogP contribution in [0.15, 0.2) is 73.1 Å². The third-order valence-corrected chi connectivity index (χ3v) is 3.41. The Morgan fingerprint density at radius 2 is 0.680 bits per heavy atom. The van der Waals surface area contributed by atoms with Crippen molar-refractivity contribution in [2.45, 2.75) is 27.7 Å². The number of hydrogen-bond donors (Lipinski definition) is 0. The summed E-state index contributed by atoms with van der Waals surface area (Å²) in [5, 5.41) is 30.3. The predicted molar refractivity (Wildman–Crippen MR) is 158 cm³/mol. The van der Waals surface area contributed by atoms with Crippen molar-refractivity contribution in [2.24, 2.45) is 0 Å². The maximum atomic E-state index is 9.87. The van der Waals surface area contributed by atoms with Gasteiger partial charge in [0, 0.05) is 45.5 Å². The Hall–Kier alpha value is -4.12. The zero-order valence-corrected chi connectivity index (χ0v) is 29.2. The zero-order chi connectivity index (χ0) is 38.4. The van der Waals surface area contributed by atoms with Crippen LogP contribution in [0.5, 0.6) is 0 Å². The molecule has 50 heavy (non-hydrogen) atoms. The number of fused-ring (bicyclic) bond motifs is 1. The van der Waals surface area contributed by atoms with Gasteiger partial charge in [-0.25, -0.2) is 9.97 Å². The Balaban J connectivity index is -0.000000201. The van der Waals surface area contributed by atoms with Crippen LogP contribution in [-0.2, 0) is 34.1 Å². The van der Waals surface area contributed by atoms with Gasteiger partial charge in [-0.15, -0.1) is 0 Å². The first kappa shape index (κ1) is 55.3. The molecule has 4 rings (SSSR count). The van der Waals surface area contributed by atoms with Gasteiger partial charge < -0.3 is 0 Å². The van der Waals surface area contributed by atoms with Gasteiger partial charge in [0.05, 0.1) is 47.1 Å². The van der Waals surface area contributed by atoms with Crippen LogP contribution in [0.25, 0.3) is 33.8 Å². The van der Waals surface area contributed by atoms with Crippen molar-refractivity contribution < 1.29 is 84.5 Å². The van der Waals surface area contributed by atoms with Crippen LogP contribution < -0.4 is 0 Å². The van der Waals surface area contributed by atoms with Crippen molar-refractivity contribution in [3.8, 4) is 47.1 Å². The van der Waals surface area contributed by atoms with Crippen LogP contribution >= 0.6 is 15.6 Å². The fourth-order valence-corrected chi connectivity index (χ4v) is 2.31. The maximum absolute atomic E-state index is 10.7. The molecular weight excluding hydrogens is 841 g/mol. The molecule has 0 amide bonds. The van der Waals surface area contributed by atoms with E-state index < -0.39 is 15.6 Å². The predicted octanol–water partition coefficient (Wildman–Crippen LogP) is 12.6. The smallest absolute Gasteiger partial charge is 0.255 e. The summed E-state index contributed by atoms with van der Waals surface area (Å²) in [6.45, 7) is 5.72. The first-order chi connectivity index (χ1) is 21.5. The van der Waals surface area contributed by atoms with Gasteiger partial charge in [0.1, 0.15) is 0 Å². The molecule has 0 spiro atoms. The molecule has 24 heteroatoms. The molecule has 0 atom stereocenters. The molecule has 4 aromatic heterocycles. The molecular formula is C26H24Cu2F12N8P2. The first-order valence-electron chi connectivity index (χ1n) is 11.9. The second kappa shape index (κ2) is 21.2. The van der Waals surface area contributed by atoms with Crippen molar-refractivity contribution in [3.05, 3.63) is 73.1 Å². The monoisotopic (exact) mass is 864 g/mol. The van der Waals surface area contributed by atoms with E-state index in [9.17, 15) is 50.4 Å². The summed E-state index contributed by atoms with van der Waals surface area (Å²) in [5.41, 5.74) is 4.02. The van der Waals surface area contributed by atoms with Crippen molar-refractivity contribution in [1.29, 1.82) is 21.0 Å². The number of aromatic nitrogens is 4. The molecule has 0 aliphatic carbocycles. The maximum Gasteiger partial charge on any atom is 1.00 e. The van der Waals surface area contributed by atoms with Crippen molar-refractivity contribution in [1.82, 2.24) is 19.9 Å². The fourth-order valence-electron chi connectivity index (χ4n) is 2.31. The van der Waals surface area contributed by atoms with E-state index in [1.54, 1.807) is 36.7 Å². The molecule has 284 valence electrons. The van der Waals surface area contributed by atoms with Crippen LogP contribution in [0.1, 0.15) is 27.7 Å². The Bertz CT molecular complexity index is 1570. The molecule has 0 unspecified atom stereocenters. The number of nitrogens with zero attached hydrogens (tertiary/aromatic N) is 8. The van der Waals surface area contributed by atoms with Crippen LogP contribution in [0, 0.1) is 45.3 Å². The van der Waals surface area contributed by atoms with Gasteiger partial charge in [-0.1, -0.05) is 12.1 Å². The van der Waals surface area contributed by atoms with Crippen molar-refractivity contribution in [3.63, 3.8) is 0 Å². The molecule has 8 nitrogen and oxygen atoms in total. The second-order valence-electron chi connectivity index (χ2n) is 7.68. The van der Waals surface area contributed by atoms with E-state index in [4.69, 9.17) is 21.0 Å². The van der Waals surface area contributed by atoms with Gasteiger partial charge in [0.15, 0.2) is 5.65 Å². The summed E-state index contributed by atoms with van der Waals surface area (Å²) >= 11 is 0.